The predicted molar refractivity (Wildman–Crippen MR) is 131 cm³/mol. The largest absolute Gasteiger partial charge is 0.504 e. The third-order valence-electron chi connectivity index (χ3n) is 5.46. The molecule has 0 atom stereocenters. The zero-order valence-electron chi connectivity index (χ0n) is 17.4. The van der Waals surface area contributed by atoms with E-state index in [1.165, 1.54) is 28.1 Å². The van der Waals surface area contributed by atoms with Gasteiger partial charge < -0.3 is 38.6 Å². The van der Waals surface area contributed by atoms with Gasteiger partial charge in [0.2, 0.25) is 0 Å². The molecule has 7 heterocycles. The number of thiophene rings is 4. The average Bonchev–Trinajstić information content (AvgIpc) is 3.63. The van der Waals surface area contributed by atoms with Gasteiger partial charge >= 0.3 is 0 Å². The van der Waals surface area contributed by atoms with Crippen LogP contribution in [-0.4, -0.2) is 49.9 Å². The molecular formula is C22H16O8S4. The van der Waals surface area contributed by atoms with Crippen LogP contribution in [0.1, 0.15) is 0 Å². The molecule has 8 nitrogen and oxygen atoms in total. The summed E-state index contributed by atoms with van der Waals surface area (Å²) in [5.74, 6) is 3.67. The zero-order valence-corrected chi connectivity index (χ0v) is 20.6. The monoisotopic (exact) mass is 536 g/mol. The molecule has 0 amide bonds. The molecule has 0 unspecified atom stereocenters. The van der Waals surface area contributed by atoms with Crippen LogP contribution in [0, 0.1) is 0 Å². The van der Waals surface area contributed by atoms with Crippen LogP contribution in [0.15, 0.2) is 10.8 Å². The summed E-state index contributed by atoms with van der Waals surface area (Å²) in [7, 11) is 0. The molecular weight excluding hydrogens is 521 g/mol. The zero-order chi connectivity index (χ0) is 22.8. The van der Waals surface area contributed by atoms with Crippen LogP contribution in [0.25, 0.3) is 29.3 Å². The Morgan fingerprint density at radius 3 is 1.47 bits per heavy atom. The standard InChI is InChI=1S/C22H16O8S4/c23-9-7-31-17(11(9)24)19-13-15(29-5-3-27-13)21(33-19)22-16-14(28-4-6-30-16)20(34-22)18-12-10(8-32-18)25-1-2-26-12/h7-8,23-24H,1-6H2. The summed E-state index contributed by atoms with van der Waals surface area (Å²) in [6.07, 6.45) is 0. The van der Waals surface area contributed by atoms with Crippen molar-refractivity contribution >= 4 is 45.3 Å². The van der Waals surface area contributed by atoms with Gasteiger partial charge in [0.25, 0.3) is 0 Å². The first-order chi connectivity index (χ1) is 16.7. The summed E-state index contributed by atoms with van der Waals surface area (Å²) in [5, 5.41) is 23.8. The van der Waals surface area contributed by atoms with Crippen molar-refractivity contribution in [1.29, 1.82) is 0 Å². The lowest BCUT2D eigenvalue weighted by Gasteiger charge is -2.19. The van der Waals surface area contributed by atoms with E-state index in [2.05, 4.69) is 0 Å². The van der Waals surface area contributed by atoms with E-state index >= 15 is 0 Å². The first kappa shape index (κ1) is 20.6. The van der Waals surface area contributed by atoms with Gasteiger partial charge in [0.15, 0.2) is 46.0 Å². The van der Waals surface area contributed by atoms with Crippen molar-refractivity contribution < 1.29 is 38.6 Å². The number of rotatable bonds is 3. The highest BCUT2D eigenvalue weighted by atomic mass is 32.1. The molecule has 2 N–H and O–H groups in total. The van der Waals surface area contributed by atoms with Crippen LogP contribution < -0.4 is 28.4 Å². The molecule has 3 aliphatic rings. The van der Waals surface area contributed by atoms with Crippen LogP contribution in [0.4, 0.5) is 0 Å². The predicted octanol–water partition coefficient (Wildman–Crippen LogP) is 5.66. The summed E-state index contributed by atoms with van der Waals surface area (Å²) in [5.41, 5.74) is 0. The SMILES string of the molecule is Oc1csc(-c2sc(-c3sc(-c4scc5c4OCCO5)c4c3OCCO4)c3c2OCCO3)c1O. The Bertz CT molecular complexity index is 1410. The molecule has 7 rings (SSSR count). The molecule has 12 heteroatoms. The molecule has 0 radical (unpaired) electrons. The third kappa shape index (κ3) is 2.98. The van der Waals surface area contributed by atoms with Gasteiger partial charge in [0.05, 0.1) is 29.3 Å². The topological polar surface area (TPSA) is 95.8 Å². The van der Waals surface area contributed by atoms with Crippen molar-refractivity contribution in [3.8, 4) is 75.3 Å². The Kier molecular flexibility index (Phi) is 4.76. The minimum atomic E-state index is -0.161. The van der Waals surface area contributed by atoms with E-state index < -0.39 is 0 Å². The maximum absolute atomic E-state index is 10.4. The van der Waals surface area contributed by atoms with Gasteiger partial charge in [-0.25, -0.2) is 0 Å². The smallest absolute Gasteiger partial charge is 0.181 e. The molecule has 0 saturated heterocycles. The van der Waals surface area contributed by atoms with Crippen LogP contribution in [-0.2, 0) is 0 Å². The van der Waals surface area contributed by atoms with Crippen molar-refractivity contribution in [1.82, 2.24) is 0 Å². The van der Waals surface area contributed by atoms with Crippen molar-refractivity contribution in [2.45, 2.75) is 0 Å². The lowest BCUT2D eigenvalue weighted by Crippen LogP contribution is -2.16. The molecule has 0 aliphatic carbocycles. The van der Waals surface area contributed by atoms with Gasteiger partial charge in [0.1, 0.15) is 39.6 Å². The highest BCUT2D eigenvalue weighted by Gasteiger charge is 2.36. The number of aromatic hydroxyl groups is 2. The quantitative estimate of drug-likeness (QED) is 0.346. The fourth-order valence-electron chi connectivity index (χ4n) is 4.02. The maximum atomic E-state index is 10.4. The minimum absolute atomic E-state index is 0.155. The fourth-order valence-corrected chi connectivity index (χ4v) is 8.57. The second-order valence-corrected chi connectivity index (χ2v) is 11.3. The Morgan fingerprint density at radius 2 is 0.941 bits per heavy atom. The summed E-state index contributed by atoms with van der Waals surface area (Å²) in [4.78, 5) is 4.80. The van der Waals surface area contributed by atoms with E-state index in [1.807, 2.05) is 5.38 Å². The van der Waals surface area contributed by atoms with Crippen molar-refractivity contribution in [2.24, 2.45) is 0 Å². The number of hydrogen-bond donors (Lipinski definition) is 2. The van der Waals surface area contributed by atoms with Gasteiger partial charge in [-0.15, -0.1) is 45.3 Å². The summed E-state index contributed by atoms with van der Waals surface area (Å²) >= 11 is 5.77. The maximum Gasteiger partial charge on any atom is 0.181 e. The molecule has 4 aromatic heterocycles. The first-order valence-electron chi connectivity index (χ1n) is 10.4. The summed E-state index contributed by atoms with van der Waals surface area (Å²) in [6.45, 7) is 2.74. The number of hydrogen-bond acceptors (Lipinski definition) is 12. The van der Waals surface area contributed by atoms with E-state index in [4.69, 9.17) is 28.4 Å². The Balaban J connectivity index is 1.43. The molecule has 176 valence electrons. The van der Waals surface area contributed by atoms with Gasteiger partial charge in [-0.3, -0.25) is 0 Å². The molecule has 0 aromatic carbocycles. The summed E-state index contributed by atoms with van der Waals surface area (Å²) in [6, 6.07) is 0. The van der Waals surface area contributed by atoms with Crippen LogP contribution in [0.3, 0.4) is 0 Å². The Morgan fingerprint density at radius 1 is 0.500 bits per heavy atom. The van der Waals surface area contributed by atoms with Gasteiger partial charge in [-0.2, -0.15) is 0 Å². The van der Waals surface area contributed by atoms with E-state index in [0.29, 0.717) is 72.4 Å². The van der Waals surface area contributed by atoms with E-state index in [1.54, 1.807) is 22.7 Å². The third-order valence-corrected chi connectivity index (χ3v) is 10.2. The van der Waals surface area contributed by atoms with Crippen molar-refractivity contribution in [3.63, 3.8) is 0 Å². The normalized spacial score (nSPS) is 16.0. The number of ether oxygens (including phenoxy) is 6. The minimum Gasteiger partial charge on any atom is -0.504 e. The summed E-state index contributed by atoms with van der Waals surface area (Å²) < 4.78 is 35.9. The molecule has 0 fully saturated rings. The molecule has 4 aromatic rings. The van der Waals surface area contributed by atoms with Gasteiger partial charge in [-0.1, -0.05) is 0 Å². The van der Waals surface area contributed by atoms with Crippen LogP contribution in [0.5, 0.6) is 46.0 Å². The average molecular weight is 537 g/mol. The fraction of sp³-hybridized carbons (Fsp3) is 0.273. The highest BCUT2D eigenvalue weighted by molar-refractivity contribution is 7.29. The highest BCUT2D eigenvalue weighted by Crippen LogP contribution is 2.64. The van der Waals surface area contributed by atoms with E-state index in [0.717, 1.165) is 31.0 Å². The lowest BCUT2D eigenvalue weighted by molar-refractivity contribution is 0.171. The second kappa shape index (κ2) is 7.87. The van der Waals surface area contributed by atoms with Crippen molar-refractivity contribution in [3.05, 3.63) is 10.8 Å². The molecule has 34 heavy (non-hydrogen) atoms. The number of fused-ring (bicyclic) bond motifs is 3. The molecule has 0 bridgehead atoms. The molecule has 3 aliphatic heterocycles. The van der Waals surface area contributed by atoms with Gasteiger partial charge in [-0.05, 0) is 0 Å². The first-order valence-corrected chi connectivity index (χ1v) is 13.8. The van der Waals surface area contributed by atoms with E-state index in [-0.39, 0.29) is 11.5 Å². The van der Waals surface area contributed by atoms with Crippen molar-refractivity contribution in [2.75, 3.05) is 39.6 Å². The molecule has 0 saturated carbocycles. The Hall–Kier alpha value is -2.80. The van der Waals surface area contributed by atoms with Crippen LogP contribution >= 0.6 is 45.3 Å². The van der Waals surface area contributed by atoms with Gasteiger partial charge in [0, 0.05) is 10.8 Å². The van der Waals surface area contributed by atoms with E-state index in [9.17, 15) is 10.2 Å². The Labute approximate surface area is 209 Å². The second-order valence-electron chi connectivity index (χ2n) is 7.48. The van der Waals surface area contributed by atoms with Crippen LogP contribution in [0.2, 0.25) is 0 Å². The molecule has 0 spiro atoms. The lowest BCUT2D eigenvalue weighted by atomic mass is 10.2.